The second kappa shape index (κ2) is 11.9. The predicted molar refractivity (Wildman–Crippen MR) is 120 cm³/mol. The van der Waals surface area contributed by atoms with Crippen molar-refractivity contribution in [2.24, 2.45) is 35.5 Å². The molecule has 0 nitrogen and oxygen atoms in total. The fourth-order valence-electron chi connectivity index (χ4n) is 7.06. The normalized spacial score (nSPS) is 38.0. The summed E-state index contributed by atoms with van der Waals surface area (Å²) in [6.45, 7) is 4.71. The minimum absolute atomic E-state index is 1.08. The molecule has 0 N–H and O–H groups in total. The first-order chi connectivity index (χ1) is 13.3. The molecule has 3 saturated carbocycles. The summed E-state index contributed by atoms with van der Waals surface area (Å²) in [5.74, 6) is 6.55. The van der Waals surface area contributed by atoms with Crippen LogP contribution in [0.25, 0.3) is 0 Å². The van der Waals surface area contributed by atoms with Gasteiger partial charge in [-0.05, 0) is 48.3 Å². The Morgan fingerprint density at radius 1 is 0.407 bits per heavy atom. The van der Waals surface area contributed by atoms with Gasteiger partial charge < -0.3 is 0 Å². The summed E-state index contributed by atoms with van der Waals surface area (Å²) < 4.78 is 0. The summed E-state index contributed by atoms with van der Waals surface area (Å²) in [6, 6.07) is 0. The smallest absolute Gasteiger partial charge is 0.0411 e. The van der Waals surface area contributed by atoms with Crippen LogP contribution < -0.4 is 0 Å². The van der Waals surface area contributed by atoms with E-state index in [0.29, 0.717) is 0 Å². The van der Waals surface area contributed by atoms with Crippen molar-refractivity contribution in [1.29, 1.82) is 0 Å². The predicted octanol–water partition coefficient (Wildman–Crippen LogP) is 9.18. The molecule has 3 aliphatic carbocycles. The lowest BCUT2D eigenvalue weighted by Gasteiger charge is -2.36. The molecule has 0 aromatic rings. The average molecular weight is 375 g/mol. The van der Waals surface area contributed by atoms with Crippen LogP contribution >= 0.6 is 0 Å². The van der Waals surface area contributed by atoms with Crippen molar-refractivity contribution in [2.45, 2.75) is 136 Å². The SMILES string of the molecule is CCCCC1CCC(CC2CCC(CC3CCC(CCC)CC3)CC2)CC1. The second-order valence-electron chi connectivity index (χ2n) is 11.1. The molecule has 0 bridgehead atoms. The van der Waals surface area contributed by atoms with Crippen molar-refractivity contribution in [3.05, 3.63) is 0 Å². The highest BCUT2D eigenvalue weighted by molar-refractivity contribution is 4.81. The Hall–Kier alpha value is 0. The minimum Gasteiger partial charge on any atom is -0.0654 e. The highest BCUT2D eigenvalue weighted by atomic mass is 14.3. The zero-order valence-electron chi connectivity index (χ0n) is 18.9. The molecule has 0 saturated heterocycles. The molecule has 3 rings (SSSR count). The van der Waals surface area contributed by atoms with Gasteiger partial charge in [0.25, 0.3) is 0 Å². The highest BCUT2D eigenvalue weighted by Crippen LogP contribution is 2.42. The number of unbranched alkanes of at least 4 members (excludes halogenated alkanes) is 1. The zero-order valence-corrected chi connectivity index (χ0v) is 18.9. The third kappa shape index (κ3) is 7.40. The first-order valence-corrected chi connectivity index (χ1v) is 13.3. The van der Waals surface area contributed by atoms with Gasteiger partial charge in [0.15, 0.2) is 0 Å². The molecule has 0 aliphatic heterocycles. The average Bonchev–Trinajstić information content (AvgIpc) is 2.71. The number of hydrogen-bond donors (Lipinski definition) is 0. The minimum atomic E-state index is 1.08. The monoisotopic (exact) mass is 374 g/mol. The van der Waals surface area contributed by atoms with E-state index in [4.69, 9.17) is 0 Å². The Bertz CT molecular complexity index is 361. The summed E-state index contributed by atoms with van der Waals surface area (Å²) in [5, 5.41) is 0. The van der Waals surface area contributed by atoms with Crippen molar-refractivity contribution < 1.29 is 0 Å². The van der Waals surface area contributed by atoms with Crippen molar-refractivity contribution >= 4 is 0 Å². The van der Waals surface area contributed by atoms with E-state index in [9.17, 15) is 0 Å². The van der Waals surface area contributed by atoms with Crippen LogP contribution in [-0.4, -0.2) is 0 Å². The van der Waals surface area contributed by atoms with Crippen molar-refractivity contribution in [1.82, 2.24) is 0 Å². The summed E-state index contributed by atoms with van der Waals surface area (Å²) in [7, 11) is 0. The van der Waals surface area contributed by atoms with Gasteiger partial charge in [-0.25, -0.2) is 0 Å². The van der Waals surface area contributed by atoms with E-state index in [1.54, 1.807) is 89.9 Å². The third-order valence-electron chi connectivity index (χ3n) is 8.90. The highest BCUT2D eigenvalue weighted by Gasteiger charge is 2.29. The maximum atomic E-state index is 2.36. The molecule has 0 atom stereocenters. The van der Waals surface area contributed by atoms with E-state index in [-0.39, 0.29) is 0 Å². The van der Waals surface area contributed by atoms with E-state index < -0.39 is 0 Å². The molecule has 0 radical (unpaired) electrons. The Kier molecular flexibility index (Phi) is 9.54. The molecule has 0 aromatic carbocycles. The van der Waals surface area contributed by atoms with Gasteiger partial charge in [-0.1, -0.05) is 123 Å². The topological polar surface area (TPSA) is 0 Å². The first kappa shape index (κ1) is 21.7. The molecule has 3 aliphatic rings. The van der Waals surface area contributed by atoms with Crippen LogP contribution in [0.4, 0.5) is 0 Å². The maximum Gasteiger partial charge on any atom is -0.0411 e. The van der Waals surface area contributed by atoms with Crippen molar-refractivity contribution in [2.75, 3.05) is 0 Å². The summed E-state index contributed by atoms with van der Waals surface area (Å²) in [5.41, 5.74) is 0. The Morgan fingerprint density at radius 3 is 1.07 bits per heavy atom. The molecule has 0 aromatic heterocycles. The molecule has 0 unspecified atom stereocenters. The van der Waals surface area contributed by atoms with E-state index in [2.05, 4.69) is 13.8 Å². The molecule has 0 amide bonds. The van der Waals surface area contributed by atoms with E-state index in [1.165, 1.54) is 32.1 Å². The molecule has 158 valence electrons. The Balaban J connectivity index is 1.26. The van der Waals surface area contributed by atoms with Crippen LogP contribution in [0, 0.1) is 35.5 Å². The lowest BCUT2D eigenvalue weighted by atomic mass is 9.70. The lowest BCUT2D eigenvalue weighted by molar-refractivity contribution is 0.161. The van der Waals surface area contributed by atoms with Crippen LogP contribution in [0.3, 0.4) is 0 Å². The molecule has 27 heavy (non-hydrogen) atoms. The van der Waals surface area contributed by atoms with Gasteiger partial charge in [-0.3, -0.25) is 0 Å². The van der Waals surface area contributed by atoms with Gasteiger partial charge >= 0.3 is 0 Å². The van der Waals surface area contributed by atoms with Crippen LogP contribution in [-0.2, 0) is 0 Å². The largest absolute Gasteiger partial charge is 0.0654 e. The molecule has 0 spiro atoms. The standard InChI is InChI=1S/C27H50/c1-3-5-7-23-10-14-25(15-11-23)21-27-18-16-26(17-19-27)20-24-12-8-22(6-4-2)9-13-24/h22-27H,3-21H2,1-2H3. The van der Waals surface area contributed by atoms with Gasteiger partial charge in [0.1, 0.15) is 0 Å². The van der Waals surface area contributed by atoms with Gasteiger partial charge in [0.05, 0.1) is 0 Å². The summed E-state index contributed by atoms with van der Waals surface area (Å²) in [6.07, 6.45) is 29.2. The first-order valence-electron chi connectivity index (χ1n) is 13.3. The van der Waals surface area contributed by atoms with Gasteiger partial charge in [-0.15, -0.1) is 0 Å². The van der Waals surface area contributed by atoms with Crippen LogP contribution in [0.15, 0.2) is 0 Å². The lowest BCUT2D eigenvalue weighted by Crippen LogP contribution is -2.23. The quantitative estimate of drug-likeness (QED) is 0.377. The maximum absolute atomic E-state index is 2.36. The van der Waals surface area contributed by atoms with Crippen LogP contribution in [0.2, 0.25) is 0 Å². The zero-order chi connectivity index (χ0) is 18.9. The fourth-order valence-corrected chi connectivity index (χ4v) is 7.06. The molecule has 0 heterocycles. The Morgan fingerprint density at radius 2 is 0.741 bits per heavy atom. The van der Waals surface area contributed by atoms with E-state index >= 15 is 0 Å². The fraction of sp³-hybridized carbons (Fsp3) is 1.00. The van der Waals surface area contributed by atoms with Crippen LogP contribution in [0.1, 0.15) is 136 Å². The third-order valence-corrected chi connectivity index (χ3v) is 8.90. The molecular weight excluding hydrogens is 324 g/mol. The van der Waals surface area contributed by atoms with Crippen molar-refractivity contribution in [3.63, 3.8) is 0 Å². The Labute approximate surface area is 171 Å². The number of hydrogen-bond acceptors (Lipinski definition) is 0. The van der Waals surface area contributed by atoms with Gasteiger partial charge in [0, 0.05) is 0 Å². The van der Waals surface area contributed by atoms with Crippen molar-refractivity contribution in [3.8, 4) is 0 Å². The second-order valence-corrected chi connectivity index (χ2v) is 11.1. The van der Waals surface area contributed by atoms with E-state index in [0.717, 1.165) is 35.5 Å². The molecule has 3 fully saturated rings. The van der Waals surface area contributed by atoms with Gasteiger partial charge in [0.2, 0.25) is 0 Å². The van der Waals surface area contributed by atoms with Gasteiger partial charge in [-0.2, -0.15) is 0 Å². The molecular formula is C27H50. The number of rotatable bonds is 9. The van der Waals surface area contributed by atoms with Crippen LogP contribution in [0.5, 0.6) is 0 Å². The summed E-state index contributed by atoms with van der Waals surface area (Å²) >= 11 is 0. The van der Waals surface area contributed by atoms with E-state index in [1.807, 2.05) is 0 Å². The summed E-state index contributed by atoms with van der Waals surface area (Å²) in [4.78, 5) is 0. The molecule has 0 heteroatoms.